The Balaban J connectivity index is 0.00000306. The first-order chi connectivity index (χ1) is 15.9. The molecule has 0 radical (unpaired) electrons. The van der Waals surface area contributed by atoms with Gasteiger partial charge >= 0.3 is 0 Å². The van der Waals surface area contributed by atoms with Crippen LogP contribution in [0.5, 0.6) is 0 Å². The highest BCUT2D eigenvalue weighted by atomic mass is 19.1. The van der Waals surface area contributed by atoms with Gasteiger partial charge in [0.05, 0.1) is 11.3 Å². The second kappa shape index (κ2) is 11.2. The minimum atomic E-state index is -0.476. The third-order valence-electron chi connectivity index (χ3n) is 5.06. The van der Waals surface area contributed by atoms with E-state index >= 15 is 0 Å². The first-order valence-corrected chi connectivity index (χ1v) is 10.8. The molecule has 2 amide bonds. The second-order valence-corrected chi connectivity index (χ2v) is 7.65. The largest absolute Gasteiger partial charge is 0.355 e. The van der Waals surface area contributed by atoms with Crippen molar-refractivity contribution in [2.24, 2.45) is 0 Å². The molecule has 1 aromatic heterocycles. The van der Waals surface area contributed by atoms with Crippen molar-refractivity contribution in [2.75, 3.05) is 25.0 Å². The van der Waals surface area contributed by atoms with Crippen molar-refractivity contribution >= 4 is 17.8 Å². The molecular formula is C25H32FN5O2. The zero-order valence-electron chi connectivity index (χ0n) is 19.1. The zero-order chi connectivity index (χ0) is 23.8. The van der Waals surface area contributed by atoms with Crippen LogP contribution < -0.4 is 10.6 Å². The first-order valence-electron chi connectivity index (χ1n) is 10.8. The predicted octanol–water partition coefficient (Wildman–Crippen LogP) is 4.29. The number of carbonyl (C=O) groups excluding carboxylic acids is 2. The van der Waals surface area contributed by atoms with Crippen LogP contribution in [0.4, 0.5) is 10.3 Å². The average molecular weight is 454 g/mol. The molecule has 7 nitrogen and oxygen atoms in total. The van der Waals surface area contributed by atoms with Crippen molar-refractivity contribution < 1.29 is 16.8 Å². The predicted molar refractivity (Wildman–Crippen MR) is 130 cm³/mol. The molecule has 2 N–H and O–H groups in total. The molecule has 3 rings (SSSR count). The number of aryl methyl sites for hydroxylation is 1. The molecule has 0 spiro atoms. The summed E-state index contributed by atoms with van der Waals surface area (Å²) in [5, 5.41) is 5.67. The molecule has 0 bridgehead atoms. The Bertz CT molecular complexity index is 1150. The summed E-state index contributed by atoms with van der Waals surface area (Å²) in [7, 11) is 0. The highest BCUT2D eigenvalue weighted by Gasteiger charge is 2.23. The van der Waals surface area contributed by atoms with E-state index in [2.05, 4.69) is 20.6 Å². The summed E-state index contributed by atoms with van der Waals surface area (Å²) < 4.78 is 14.7. The van der Waals surface area contributed by atoms with Gasteiger partial charge in [0.15, 0.2) is 0 Å². The van der Waals surface area contributed by atoms with E-state index in [1.807, 2.05) is 38.1 Å². The number of aromatic nitrogens is 2. The highest BCUT2D eigenvalue weighted by molar-refractivity contribution is 5.99. The van der Waals surface area contributed by atoms with Gasteiger partial charge < -0.3 is 15.5 Å². The smallest absolute Gasteiger partial charge is 0.257 e. The monoisotopic (exact) mass is 453 g/mol. The molecule has 33 heavy (non-hydrogen) atoms. The lowest BCUT2D eigenvalue weighted by molar-refractivity contribution is -0.118. The van der Waals surface area contributed by atoms with E-state index in [1.54, 1.807) is 23.1 Å². The van der Waals surface area contributed by atoms with E-state index in [-0.39, 0.29) is 37.4 Å². The molecular weight excluding hydrogens is 421 g/mol. The summed E-state index contributed by atoms with van der Waals surface area (Å²) in [5.41, 5.74) is 2.79. The van der Waals surface area contributed by atoms with Gasteiger partial charge in [-0.2, -0.15) is 0 Å². The minimum Gasteiger partial charge on any atom is -0.355 e. The Morgan fingerprint density at radius 1 is 1.12 bits per heavy atom. The molecule has 3 aromatic rings. The van der Waals surface area contributed by atoms with Crippen molar-refractivity contribution in [2.45, 2.75) is 27.3 Å². The molecule has 1 heterocycles. The molecule has 176 valence electrons. The Morgan fingerprint density at radius 3 is 2.61 bits per heavy atom. The van der Waals surface area contributed by atoms with Gasteiger partial charge in [0.2, 0.25) is 11.9 Å². The second-order valence-electron chi connectivity index (χ2n) is 7.65. The van der Waals surface area contributed by atoms with Gasteiger partial charge in [-0.3, -0.25) is 9.59 Å². The summed E-state index contributed by atoms with van der Waals surface area (Å²) >= 11 is 0. The lowest BCUT2D eigenvalue weighted by atomic mass is 10.0. The summed E-state index contributed by atoms with van der Waals surface area (Å²) in [6, 6.07) is 14.2. The van der Waals surface area contributed by atoms with Crippen LogP contribution in [0.1, 0.15) is 38.2 Å². The number of anilines is 1. The summed E-state index contributed by atoms with van der Waals surface area (Å²) in [5.74, 6) is -0.644. The molecule has 8 heteroatoms. The van der Waals surface area contributed by atoms with Crippen LogP contribution in [0, 0.1) is 12.7 Å². The van der Waals surface area contributed by atoms with Crippen LogP contribution in [0.3, 0.4) is 0 Å². The minimum absolute atomic E-state index is 0. The number of amides is 2. The number of benzene rings is 2. The van der Waals surface area contributed by atoms with E-state index in [0.717, 1.165) is 11.1 Å². The van der Waals surface area contributed by atoms with E-state index in [4.69, 9.17) is 0 Å². The van der Waals surface area contributed by atoms with Crippen LogP contribution in [0.25, 0.3) is 11.3 Å². The molecule has 0 aliphatic carbocycles. The normalized spacial score (nSPS) is 10.5. The summed E-state index contributed by atoms with van der Waals surface area (Å²) in [6.07, 6.45) is 1.43. The first kappa shape index (κ1) is 23.8. The van der Waals surface area contributed by atoms with E-state index in [0.29, 0.717) is 26.2 Å². The van der Waals surface area contributed by atoms with Crippen LogP contribution in [-0.2, 0) is 11.3 Å². The van der Waals surface area contributed by atoms with Crippen LogP contribution in [0.15, 0.2) is 54.7 Å². The van der Waals surface area contributed by atoms with Crippen LogP contribution in [0.2, 0.25) is 0 Å². The van der Waals surface area contributed by atoms with Crippen molar-refractivity contribution in [3.8, 4) is 11.3 Å². The van der Waals surface area contributed by atoms with Crippen molar-refractivity contribution in [3.63, 3.8) is 0 Å². The van der Waals surface area contributed by atoms with Gasteiger partial charge in [-0.1, -0.05) is 42.0 Å². The Morgan fingerprint density at radius 2 is 1.91 bits per heavy atom. The van der Waals surface area contributed by atoms with Gasteiger partial charge in [0.1, 0.15) is 5.82 Å². The number of nitrogens with one attached hydrogen (secondary N) is 2. The molecule has 0 saturated carbocycles. The summed E-state index contributed by atoms with van der Waals surface area (Å²) in [4.78, 5) is 34.9. The third-order valence-corrected chi connectivity index (χ3v) is 5.06. The maximum Gasteiger partial charge on any atom is 0.257 e. The summed E-state index contributed by atoms with van der Waals surface area (Å²) in [6.45, 7) is 7.00. The Labute approximate surface area is 196 Å². The maximum atomic E-state index is 14.7. The van der Waals surface area contributed by atoms with E-state index in [1.165, 1.54) is 19.2 Å². The van der Waals surface area contributed by atoms with Crippen molar-refractivity contribution in [3.05, 3.63) is 77.2 Å². The SMILES string of the molecule is CCN(Cc1cccc(C)c1)C(=O)c1cnc(NCCNC(C)=O)nc1-c1ccccc1F.[HH].[HH]. The van der Waals surface area contributed by atoms with Crippen molar-refractivity contribution in [1.29, 1.82) is 0 Å². The van der Waals surface area contributed by atoms with Gasteiger partial charge in [0, 0.05) is 47.7 Å². The fourth-order valence-corrected chi connectivity index (χ4v) is 3.42. The maximum absolute atomic E-state index is 14.7. The number of halogens is 1. The van der Waals surface area contributed by atoms with Gasteiger partial charge in [-0.15, -0.1) is 0 Å². The number of nitrogens with zero attached hydrogens (tertiary/aromatic N) is 3. The molecule has 0 aliphatic rings. The average Bonchev–Trinajstić information content (AvgIpc) is 2.80. The molecule has 0 saturated heterocycles. The zero-order valence-corrected chi connectivity index (χ0v) is 19.1. The third kappa shape index (κ3) is 6.35. The Kier molecular flexibility index (Phi) is 8.07. The van der Waals surface area contributed by atoms with Crippen molar-refractivity contribution in [1.82, 2.24) is 20.2 Å². The highest BCUT2D eigenvalue weighted by Crippen LogP contribution is 2.26. The van der Waals surface area contributed by atoms with Gasteiger partial charge in [0.25, 0.3) is 5.91 Å². The fourth-order valence-electron chi connectivity index (χ4n) is 3.42. The van der Waals surface area contributed by atoms with Crippen LogP contribution >= 0.6 is 0 Å². The van der Waals surface area contributed by atoms with E-state index < -0.39 is 5.82 Å². The lowest BCUT2D eigenvalue weighted by Crippen LogP contribution is -2.31. The fraction of sp³-hybridized carbons (Fsp3) is 0.280. The number of carbonyl (C=O) groups is 2. The number of hydrogen-bond donors (Lipinski definition) is 2. The molecule has 0 unspecified atom stereocenters. The number of rotatable bonds is 9. The van der Waals surface area contributed by atoms with Gasteiger partial charge in [-0.05, 0) is 31.5 Å². The topological polar surface area (TPSA) is 87.2 Å². The lowest BCUT2D eigenvalue weighted by Gasteiger charge is -2.22. The van der Waals surface area contributed by atoms with Gasteiger partial charge in [-0.25, -0.2) is 14.4 Å². The number of hydrogen-bond acceptors (Lipinski definition) is 5. The van der Waals surface area contributed by atoms with E-state index in [9.17, 15) is 14.0 Å². The van der Waals surface area contributed by atoms with Crippen LogP contribution in [-0.4, -0.2) is 46.3 Å². The Hall–Kier alpha value is -3.81. The standard InChI is InChI=1S/C25H28FN5O2.2H2/c1-4-31(16-19-9-7-8-17(2)14-19)24(33)21-15-29-25(28-13-12-27-18(3)32)30-23(21)20-10-5-6-11-22(20)26;;/h5-11,14-15H,4,12-13,16H2,1-3H3,(H,27,32)(H,28,29,30);2*1H. The molecule has 0 fully saturated rings. The molecule has 0 aliphatic heterocycles. The molecule has 0 atom stereocenters. The quantitative estimate of drug-likeness (QED) is 0.472. The molecule has 2 aromatic carbocycles.